The van der Waals surface area contributed by atoms with Gasteiger partial charge in [0.2, 0.25) is 5.91 Å². The van der Waals surface area contributed by atoms with E-state index in [9.17, 15) is 9.59 Å². The zero-order valence-corrected chi connectivity index (χ0v) is 18.7. The highest BCUT2D eigenvalue weighted by Crippen LogP contribution is 2.32. The summed E-state index contributed by atoms with van der Waals surface area (Å²) in [5, 5.41) is 8.47. The normalized spacial score (nSPS) is 11.2. The van der Waals surface area contributed by atoms with Crippen LogP contribution < -0.4 is 10.9 Å². The third-order valence-electron chi connectivity index (χ3n) is 4.83. The van der Waals surface area contributed by atoms with Crippen LogP contribution in [0.1, 0.15) is 19.4 Å². The molecule has 2 aromatic heterocycles. The Morgan fingerprint density at radius 3 is 2.52 bits per heavy atom. The van der Waals surface area contributed by atoms with Gasteiger partial charge in [-0.1, -0.05) is 79.2 Å². The number of hydrogen-bond acceptors (Lipinski definition) is 5. The summed E-state index contributed by atoms with van der Waals surface area (Å²) < 4.78 is 2.09. The molecule has 4 rings (SSSR count). The van der Waals surface area contributed by atoms with Crippen molar-refractivity contribution >= 4 is 44.2 Å². The van der Waals surface area contributed by atoms with E-state index >= 15 is 0 Å². The fourth-order valence-electron chi connectivity index (χ4n) is 3.09. The van der Waals surface area contributed by atoms with Crippen molar-refractivity contribution in [1.82, 2.24) is 14.8 Å². The minimum Gasteiger partial charge on any atom is -0.302 e. The first kappa shape index (κ1) is 21.2. The molecule has 0 spiro atoms. The summed E-state index contributed by atoms with van der Waals surface area (Å²) in [7, 11) is 0. The van der Waals surface area contributed by atoms with Crippen molar-refractivity contribution in [2.24, 2.45) is 5.92 Å². The Hall–Kier alpha value is -3.03. The zero-order valence-electron chi connectivity index (χ0n) is 17.1. The first-order valence-electron chi connectivity index (χ1n) is 9.95. The van der Waals surface area contributed by atoms with Crippen molar-refractivity contribution in [2.45, 2.75) is 26.8 Å². The molecule has 2 aromatic carbocycles. The van der Waals surface area contributed by atoms with Crippen LogP contribution in [0.4, 0.5) is 5.13 Å². The van der Waals surface area contributed by atoms with Gasteiger partial charge < -0.3 is 5.32 Å². The number of carbonyl (C=O) groups is 1. The van der Waals surface area contributed by atoms with Gasteiger partial charge >= 0.3 is 0 Å². The molecule has 0 saturated heterocycles. The molecule has 0 radical (unpaired) electrons. The summed E-state index contributed by atoms with van der Waals surface area (Å²) in [6, 6.07) is 17.2. The minimum atomic E-state index is -0.273. The van der Waals surface area contributed by atoms with Crippen molar-refractivity contribution in [3.05, 3.63) is 75.5 Å². The predicted octanol–water partition coefficient (Wildman–Crippen LogP) is 5.01. The van der Waals surface area contributed by atoms with E-state index in [0.29, 0.717) is 39.0 Å². The molecule has 0 aliphatic rings. The van der Waals surface area contributed by atoms with E-state index in [1.165, 1.54) is 16.0 Å². The number of nitrogens with zero attached hydrogens (tertiary/aromatic N) is 3. The smallest absolute Gasteiger partial charge is 0.294 e. The summed E-state index contributed by atoms with van der Waals surface area (Å²) in [6.07, 6.45) is 0.667. The topological polar surface area (TPSA) is 76.9 Å². The van der Waals surface area contributed by atoms with E-state index in [-0.39, 0.29) is 17.4 Å². The zero-order chi connectivity index (χ0) is 22.0. The molecule has 0 aliphatic carbocycles. The maximum absolute atomic E-state index is 13.1. The average molecular weight is 453 g/mol. The van der Waals surface area contributed by atoms with Crippen LogP contribution in [0.3, 0.4) is 0 Å². The fourth-order valence-corrected chi connectivity index (χ4v) is 4.18. The summed E-state index contributed by atoms with van der Waals surface area (Å²) in [5.41, 5.74) is 2.62. The van der Waals surface area contributed by atoms with Crippen LogP contribution in [0.15, 0.2) is 59.4 Å². The van der Waals surface area contributed by atoms with Gasteiger partial charge in [0.25, 0.3) is 5.56 Å². The highest BCUT2D eigenvalue weighted by molar-refractivity contribution is 7.22. The molecule has 0 bridgehead atoms. The summed E-state index contributed by atoms with van der Waals surface area (Å²) in [6.45, 7) is 4.03. The minimum absolute atomic E-state index is 0.149. The fraction of sp³-hybridized carbons (Fsp3) is 0.217. The van der Waals surface area contributed by atoms with Gasteiger partial charge in [-0.2, -0.15) is 5.10 Å². The second-order valence-corrected chi connectivity index (χ2v) is 8.90. The monoisotopic (exact) mass is 452 g/mol. The maximum Gasteiger partial charge on any atom is 0.294 e. The maximum atomic E-state index is 13.1. The first-order valence-corrected chi connectivity index (χ1v) is 11.1. The van der Waals surface area contributed by atoms with Gasteiger partial charge in [0.05, 0.1) is 4.70 Å². The highest BCUT2D eigenvalue weighted by Gasteiger charge is 2.19. The number of hydrogen-bond donors (Lipinski definition) is 1. The molecular formula is C23H21ClN4O2S. The number of thiazole rings is 1. The largest absolute Gasteiger partial charge is 0.302 e. The van der Waals surface area contributed by atoms with Gasteiger partial charge in [-0.3, -0.25) is 9.59 Å². The van der Waals surface area contributed by atoms with Gasteiger partial charge in [0, 0.05) is 23.0 Å². The van der Waals surface area contributed by atoms with Gasteiger partial charge in [0.1, 0.15) is 5.69 Å². The Kier molecular flexibility index (Phi) is 6.15. The van der Waals surface area contributed by atoms with Crippen LogP contribution in [0, 0.1) is 5.92 Å². The van der Waals surface area contributed by atoms with E-state index in [2.05, 4.69) is 15.4 Å². The Morgan fingerprint density at radius 2 is 1.84 bits per heavy atom. The molecule has 0 unspecified atom stereocenters. The Labute approximate surface area is 188 Å². The van der Waals surface area contributed by atoms with Crippen LogP contribution in [0.5, 0.6) is 0 Å². The number of anilines is 1. The summed E-state index contributed by atoms with van der Waals surface area (Å²) >= 11 is 7.30. The second kappa shape index (κ2) is 8.99. The molecular weight excluding hydrogens is 432 g/mol. The number of carbonyl (C=O) groups excluding carboxylic acids is 1. The Morgan fingerprint density at radius 1 is 1.13 bits per heavy atom. The molecule has 0 fully saturated rings. The summed E-state index contributed by atoms with van der Waals surface area (Å²) in [4.78, 5) is 29.7. The number of aryl methyl sites for hydroxylation is 2. The van der Waals surface area contributed by atoms with E-state index in [1.807, 2.05) is 42.5 Å². The SMILES string of the molecule is CC(C)C(=O)Nc1nc2c(=O)n(CCc3ccccc3)nc(-c3ccc(Cl)cc3)c2s1. The van der Waals surface area contributed by atoms with E-state index in [4.69, 9.17) is 11.6 Å². The van der Waals surface area contributed by atoms with Crippen LogP contribution in [0.25, 0.3) is 21.5 Å². The third-order valence-corrected chi connectivity index (χ3v) is 6.06. The lowest BCUT2D eigenvalue weighted by atomic mass is 10.1. The van der Waals surface area contributed by atoms with Crippen LogP contribution in [-0.2, 0) is 17.8 Å². The van der Waals surface area contributed by atoms with Crippen molar-refractivity contribution in [3.63, 3.8) is 0 Å². The van der Waals surface area contributed by atoms with Gasteiger partial charge in [-0.15, -0.1) is 0 Å². The Bertz CT molecular complexity index is 1280. The van der Waals surface area contributed by atoms with Gasteiger partial charge in [0.15, 0.2) is 10.6 Å². The highest BCUT2D eigenvalue weighted by atomic mass is 35.5. The van der Waals surface area contributed by atoms with E-state index in [0.717, 1.165) is 11.1 Å². The quantitative estimate of drug-likeness (QED) is 0.446. The van der Waals surface area contributed by atoms with E-state index < -0.39 is 0 Å². The number of amides is 1. The molecule has 0 atom stereocenters. The molecule has 2 heterocycles. The molecule has 1 N–H and O–H groups in total. The van der Waals surface area contributed by atoms with Gasteiger partial charge in [-0.05, 0) is 24.1 Å². The molecule has 0 aliphatic heterocycles. The van der Waals surface area contributed by atoms with Crippen LogP contribution >= 0.6 is 22.9 Å². The van der Waals surface area contributed by atoms with Crippen molar-refractivity contribution in [1.29, 1.82) is 0 Å². The van der Waals surface area contributed by atoms with Crippen molar-refractivity contribution in [2.75, 3.05) is 5.32 Å². The molecule has 158 valence electrons. The lowest BCUT2D eigenvalue weighted by molar-refractivity contribution is -0.118. The van der Waals surface area contributed by atoms with Crippen molar-refractivity contribution in [3.8, 4) is 11.3 Å². The molecule has 31 heavy (non-hydrogen) atoms. The molecule has 8 heteroatoms. The standard InChI is InChI=1S/C23H21ClN4O2S/c1-14(2)21(29)26-23-25-19-20(31-23)18(16-8-10-17(24)11-9-16)27-28(22(19)30)13-12-15-6-4-3-5-7-15/h3-11,14H,12-13H2,1-2H3,(H,25,26,29). The molecule has 4 aromatic rings. The lowest BCUT2D eigenvalue weighted by Gasteiger charge is -2.09. The number of halogens is 1. The Balaban J connectivity index is 1.80. The van der Waals surface area contributed by atoms with E-state index in [1.54, 1.807) is 26.0 Å². The second-order valence-electron chi connectivity index (χ2n) is 7.46. The van der Waals surface area contributed by atoms with Crippen molar-refractivity contribution < 1.29 is 4.79 Å². The molecule has 0 saturated carbocycles. The van der Waals surface area contributed by atoms with Crippen LogP contribution in [-0.4, -0.2) is 20.7 Å². The lowest BCUT2D eigenvalue weighted by Crippen LogP contribution is -2.25. The number of fused-ring (bicyclic) bond motifs is 1. The van der Waals surface area contributed by atoms with Gasteiger partial charge in [-0.25, -0.2) is 9.67 Å². The number of aromatic nitrogens is 3. The number of rotatable bonds is 6. The molecule has 1 amide bonds. The predicted molar refractivity (Wildman–Crippen MR) is 126 cm³/mol. The number of nitrogens with one attached hydrogen (secondary N) is 1. The molecule has 6 nitrogen and oxygen atoms in total. The van der Waals surface area contributed by atoms with Crippen LogP contribution in [0.2, 0.25) is 5.02 Å². The first-order chi connectivity index (χ1) is 14.9. The third kappa shape index (κ3) is 4.68. The summed E-state index contributed by atoms with van der Waals surface area (Å²) in [5.74, 6) is -0.340. The number of benzene rings is 2. The average Bonchev–Trinajstić information content (AvgIpc) is 3.19.